The molecule has 2 aromatic rings. The van der Waals surface area contributed by atoms with Gasteiger partial charge in [-0.3, -0.25) is 4.79 Å². The summed E-state index contributed by atoms with van der Waals surface area (Å²) in [6, 6.07) is 13.9. The van der Waals surface area contributed by atoms with Crippen molar-refractivity contribution >= 4 is 18.0 Å². The largest absolute Gasteiger partial charge is 0.493 e. The SMILES string of the molecule is CCCOc1ccccc1/C=C/C(=O)NCc1ccc(C(=O)O)cc1. The summed E-state index contributed by atoms with van der Waals surface area (Å²) >= 11 is 0. The Morgan fingerprint density at radius 1 is 1.12 bits per heavy atom. The van der Waals surface area contributed by atoms with E-state index in [0.29, 0.717) is 13.2 Å². The number of hydrogen-bond donors (Lipinski definition) is 2. The molecule has 0 atom stereocenters. The van der Waals surface area contributed by atoms with Gasteiger partial charge in [-0.1, -0.05) is 37.3 Å². The standard InChI is InChI=1S/C20H21NO4/c1-2-13-25-18-6-4-3-5-16(18)11-12-19(22)21-14-15-7-9-17(10-8-15)20(23)24/h3-12H,2,13-14H2,1H3,(H,21,22)(H,23,24)/b12-11+. The van der Waals surface area contributed by atoms with Gasteiger partial charge in [0.15, 0.2) is 0 Å². The molecular weight excluding hydrogens is 318 g/mol. The van der Waals surface area contributed by atoms with Gasteiger partial charge >= 0.3 is 5.97 Å². The Labute approximate surface area is 146 Å². The third kappa shape index (κ3) is 5.80. The fourth-order valence-electron chi connectivity index (χ4n) is 2.14. The fraction of sp³-hybridized carbons (Fsp3) is 0.200. The molecule has 0 fully saturated rings. The predicted octanol–water partition coefficient (Wildman–Crippen LogP) is 3.50. The van der Waals surface area contributed by atoms with Gasteiger partial charge in [-0.25, -0.2) is 4.79 Å². The molecule has 25 heavy (non-hydrogen) atoms. The number of carbonyl (C=O) groups excluding carboxylic acids is 1. The first-order valence-electron chi connectivity index (χ1n) is 8.10. The van der Waals surface area contributed by atoms with Crippen molar-refractivity contribution in [3.8, 4) is 5.75 Å². The smallest absolute Gasteiger partial charge is 0.335 e. The highest BCUT2D eigenvalue weighted by atomic mass is 16.5. The molecule has 0 aliphatic rings. The summed E-state index contributed by atoms with van der Waals surface area (Å²) in [5, 5.41) is 11.6. The van der Waals surface area contributed by atoms with Crippen molar-refractivity contribution in [3.63, 3.8) is 0 Å². The lowest BCUT2D eigenvalue weighted by Gasteiger charge is -2.07. The van der Waals surface area contributed by atoms with Crippen molar-refractivity contribution < 1.29 is 19.4 Å². The van der Waals surface area contributed by atoms with Crippen LogP contribution in [0.25, 0.3) is 6.08 Å². The average molecular weight is 339 g/mol. The maximum absolute atomic E-state index is 12.0. The second-order valence-electron chi connectivity index (χ2n) is 5.44. The number of para-hydroxylation sites is 1. The molecule has 0 aliphatic carbocycles. The van der Waals surface area contributed by atoms with Gasteiger partial charge in [-0.05, 0) is 36.3 Å². The second-order valence-corrected chi connectivity index (χ2v) is 5.44. The fourth-order valence-corrected chi connectivity index (χ4v) is 2.14. The monoisotopic (exact) mass is 339 g/mol. The predicted molar refractivity (Wildman–Crippen MR) is 96.5 cm³/mol. The van der Waals surface area contributed by atoms with Crippen molar-refractivity contribution in [2.24, 2.45) is 0 Å². The molecular formula is C20H21NO4. The van der Waals surface area contributed by atoms with Crippen LogP contribution in [-0.4, -0.2) is 23.6 Å². The number of carboxylic acid groups (broad SMARTS) is 1. The van der Waals surface area contributed by atoms with Crippen molar-refractivity contribution in [1.29, 1.82) is 0 Å². The van der Waals surface area contributed by atoms with Crippen LogP contribution in [0.4, 0.5) is 0 Å². The van der Waals surface area contributed by atoms with Crippen LogP contribution < -0.4 is 10.1 Å². The Hall–Kier alpha value is -3.08. The number of rotatable bonds is 8. The first-order valence-corrected chi connectivity index (χ1v) is 8.10. The lowest BCUT2D eigenvalue weighted by Crippen LogP contribution is -2.20. The van der Waals surface area contributed by atoms with E-state index in [4.69, 9.17) is 9.84 Å². The summed E-state index contributed by atoms with van der Waals surface area (Å²) in [5.41, 5.74) is 1.90. The van der Waals surface area contributed by atoms with Crippen LogP contribution in [0.15, 0.2) is 54.6 Å². The Morgan fingerprint density at radius 3 is 2.52 bits per heavy atom. The quantitative estimate of drug-likeness (QED) is 0.722. The van der Waals surface area contributed by atoms with Crippen molar-refractivity contribution in [3.05, 3.63) is 71.3 Å². The number of carbonyl (C=O) groups is 2. The van der Waals surface area contributed by atoms with Crippen LogP contribution in [-0.2, 0) is 11.3 Å². The summed E-state index contributed by atoms with van der Waals surface area (Å²) in [6.07, 6.45) is 4.09. The Bertz CT molecular complexity index is 751. The van der Waals surface area contributed by atoms with E-state index in [0.717, 1.165) is 23.3 Å². The third-order valence-electron chi connectivity index (χ3n) is 3.46. The number of benzene rings is 2. The highest BCUT2D eigenvalue weighted by molar-refractivity contribution is 5.92. The van der Waals surface area contributed by atoms with Crippen LogP contribution in [0.1, 0.15) is 34.8 Å². The van der Waals surface area contributed by atoms with Crippen LogP contribution in [0, 0.1) is 0 Å². The minimum atomic E-state index is -0.970. The van der Waals surface area contributed by atoms with Gasteiger partial charge in [0, 0.05) is 18.2 Å². The molecule has 0 aliphatic heterocycles. The number of hydrogen-bond acceptors (Lipinski definition) is 3. The van der Waals surface area contributed by atoms with Crippen LogP contribution >= 0.6 is 0 Å². The molecule has 5 heteroatoms. The molecule has 2 rings (SSSR count). The first kappa shape index (κ1) is 18.3. The molecule has 1 amide bonds. The minimum absolute atomic E-state index is 0.221. The minimum Gasteiger partial charge on any atom is -0.493 e. The van der Waals surface area contributed by atoms with E-state index in [2.05, 4.69) is 5.32 Å². The molecule has 0 unspecified atom stereocenters. The number of ether oxygens (including phenoxy) is 1. The maximum Gasteiger partial charge on any atom is 0.335 e. The molecule has 130 valence electrons. The van der Waals surface area contributed by atoms with E-state index < -0.39 is 5.97 Å². The van der Waals surface area contributed by atoms with Gasteiger partial charge < -0.3 is 15.2 Å². The van der Waals surface area contributed by atoms with Gasteiger partial charge in [-0.15, -0.1) is 0 Å². The molecule has 2 N–H and O–H groups in total. The van der Waals surface area contributed by atoms with Crippen LogP contribution in [0.3, 0.4) is 0 Å². The van der Waals surface area contributed by atoms with E-state index in [1.54, 1.807) is 18.2 Å². The summed E-state index contributed by atoms with van der Waals surface area (Å²) in [4.78, 5) is 22.8. The summed E-state index contributed by atoms with van der Waals surface area (Å²) in [6.45, 7) is 3.00. The first-order chi connectivity index (χ1) is 12.1. The number of amides is 1. The average Bonchev–Trinajstić information content (AvgIpc) is 2.64. The molecule has 0 bridgehead atoms. The zero-order chi connectivity index (χ0) is 18.1. The van der Waals surface area contributed by atoms with Crippen molar-refractivity contribution in [2.45, 2.75) is 19.9 Å². The highest BCUT2D eigenvalue weighted by Gasteiger charge is 2.03. The van der Waals surface area contributed by atoms with E-state index >= 15 is 0 Å². The summed E-state index contributed by atoms with van der Waals surface area (Å²) < 4.78 is 5.65. The molecule has 0 aromatic heterocycles. The normalized spacial score (nSPS) is 10.6. The molecule has 0 saturated heterocycles. The highest BCUT2D eigenvalue weighted by Crippen LogP contribution is 2.19. The molecule has 0 radical (unpaired) electrons. The van der Waals surface area contributed by atoms with Gasteiger partial charge in [-0.2, -0.15) is 0 Å². The summed E-state index contributed by atoms with van der Waals surface area (Å²) in [5.74, 6) is -0.451. The number of nitrogens with one attached hydrogen (secondary N) is 1. The molecule has 0 saturated carbocycles. The van der Waals surface area contributed by atoms with Gasteiger partial charge in [0.25, 0.3) is 0 Å². The number of carboxylic acids is 1. The maximum atomic E-state index is 12.0. The lowest BCUT2D eigenvalue weighted by molar-refractivity contribution is -0.116. The summed E-state index contributed by atoms with van der Waals surface area (Å²) in [7, 11) is 0. The Kier molecular flexibility index (Phi) is 6.77. The molecule has 2 aromatic carbocycles. The lowest BCUT2D eigenvalue weighted by atomic mass is 10.1. The molecule has 0 heterocycles. The van der Waals surface area contributed by atoms with Gasteiger partial charge in [0.2, 0.25) is 5.91 Å². The van der Waals surface area contributed by atoms with E-state index in [1.807, 2.05) is 31.2 Å². The molecule has 5 nitrogen and oxygen atoms in total. The zero-order valence-corrected chi connectivity index (χ0v) is 14.1. The van der Waals surface area contributed by atoms with E-state index in [9.17, 15) is 9.59 Å². The van der Waals surface area contributed by atoms with Gasteiger partial charge in [0.05, 0.1) is 12.2 Å². The Morgan fingerprint density at radius 2 is 1.84 bits per heavy atom. The van der Waals surface area contributed by atoms with Crippen molar-refractivity contribution in [1.82, 2.24) is 5.32 Å². The number of aromatic carboxylic acids is 1. The molecule has 0 spiro atoms. The zero-order valence-electron chi connectivity index (χ0n) is 14.1. The van der Waals surface area contributed by atoms with Gasteiger partial charge in [0.1, 0.15) is 5.75 Å². The van der Waals surface area contributed by atoms with E-state index in [-0.39, 0.29) is 11.5 Å². The third-order valence-corrected chi connectivity index (χ3v) is 3.46. The van der Waals surface area contributed by atoms with Crippen LogP contribution in [0.5, 0.6) is 5.75 Å². The van der Waals surface area contributed by atoms with E-state index in [1.165, 1.54) is 18.2 Å². The van der Waals surface area contributed by atoms with Crippen LogP contribution in [0.2, 0.25) is 0 Å². The van der Waals surface area contributed by atoms with Crippen molar-refractivity contribution in [2.75, 3.05) is 6.61 Å². The second kappa shape index (κ2) is 9.27. The topological polar surface area (TPSA) is 75.6 Å². The Balaban J connectivity index is 1.91.